The Labute approximate surface area is 134 Å². The second-order valence-corrected chi connectivity index (χ2v) is 5.35. The second-order valence-electron chi connectivity index (χ2n) is 5.35. The van der Waals surface area contributed by atoms with E-state index in [1.54, 1.807) is 29.2 Å². The molecule has 4 nitrogen and oxygen atoms in total. The molecule has 1 aromatic carbocycles. The third-order valence-electron chi connectivity index (χ3n) is 3.68. The minimum atomic E-state index is -0.0165. The first-order valence-corrected chi connectivity index (χ1v) is 8.27. The predicted octanol–water partition coefficient (Wildman–Crippen LogP) is 3.43. The summed E-state index contributed by atoms with van der Waals surface area (Å²) in [7, 11) is 0. The number of hydrogen-bond donors (Lipinski definition) is 0. The lowest BCUT2D eigenvalue weighted by Crippen LogP contribution is -2.33. The molecular weight excluding hydrogens is 276 g/mol. The smallest absolute Gasteiger partial charge is 0.253 e. The van der Waals surface area contributed by atoms with Gasteiger partial charge >= 0.3 is 0 Å². The molecule has 0 aliphatic rings. The predicted molar refractivity (Wildman–Crippen MR) is 90.2 cm³/mol. The molecular formula is C18H28N2O2. The van der Waals surface area contributed by atoms with Crippen molar-refractivity contribution >= 4 is 11.8 Å². The number of carbonyl (C=O) groups is 2. The van der Waals surface area contributed by atoms with Gasteiger partial charge in [-0.05, 0) is 44.9 Å². The molecule has 1 aromatic rings. The molecule has 0 aromatic heterocycles. The van der Waals surface area contributed by atoms with E-state index in [9.17, 15) is 9.59 Å². The summed E-state index contributed by atoms with van der Waals surface area (Å²) in [6.07, 6.45) is 1.87. The lowest BCUT2D eigenvalue weighted by Gasteiger charge is -2.22. The first kappa shape index (κ1) is 18.2. The van der Waals surface area contributed by atoms with E-state index in [0.29, 0.717) is 24.2 Å². The Morgan fingerprint density at radius 3 is 1.68 bits per heavy atom. The lowest BCUT2D eigenvalue weighted by atomic mass is 10.1. The Bertz CT molecular complexity index is 490. The zero-order valence-electron chi connectivity index (χ0n) is 14.3. The molecule has 0 bridgehead atoms. The number of benzene rings is 1. The van der Waals surface area contributed by atoms with E-state index < -0.39 is 0 Å². The quantitative estimate of drug-likeness (QED) is 0.738. The molecule has 2 amide bonds. The zero-order valence-corrected chi connectivity index (χ0v) is 14.3. The van der Waals surface area contributed by atoms with Crippen LogP contribution in [0.5, 0.6) is 0 Å². The summed E-state index contributed by atoms with van der Waals surface area (Å²) < 4.78 is 0. The van der Waals surface area contributed by atoms with Crippen molar-refractivity contribution in [1.82, 2.24) is 9.80 Å². The van der Waals surface area contributed by atoms with Gasteiger partial charge in [-0.2, -0.15) is 0 Å². The van der Waals surface area contributed by atoms with Gasteiger partial charge in [-0.15, -0.1) is 0 Å². The molecule has 4 heteroatoms. The topological polar surface area (TPSA) is 40.6 Å². The van der Waals surface area contributed by atoms with E-state index >= 15 is 0 Å². The zero-order chi connectivity index (χ0) is 16.5. The Morgan fingerprint density at radius 2 is 1.27 bits per heavy atom. The molecule has 0 saturated carbocycles. The van der Waals surface area contributed by atoms with Crippen molar-refractivity contribution in [2.75, 3.05) is 26.2 Å². The van der Waals surface area contributed by atoms with Crippen LogP contribution in [0.25, 0.3) is 0 Å². The number of rotatable bonds is 8. The highest BCUT2D eigenvalue weighted by Crippen LogP contribution is 2.12. The molecule has 0 atom stereocenters. The maximum absolute atomic E-state index is 12.6. The Morgan fingerprint density at radius 1 is 0.818 bits per heavy atom. The number of nitrogens with zero attached hydrogens (tertiary/aromatic N) is 2. The van der Waals surface area contributed by atoms with E-state index in [2.05, 4.69) is 13.8 Å². The molecule has 0 saturated heterocycles. The van der Waals surface area contributed by atoms with Crippen molar-refractivity contribution < 1.29 is 9.59 Å². The van der Waals surface area contributed by atoms with Crippen LogP contribution >= 0.6 is 0 Å². The number of amides is 2. The van der Waals surface area contributed by atoms with Crippen molar-refractivity contribution in [3.05, 3.63) is 35.4 Å². The summed E-state index contributed by atoms with van der Waals surface area (Å²) in [6, 6.07) is 7.09. The van der Waals surface area contributed by atoms with Crippen LogP contribution < -0.4 is 0 Å². The van der Waals surface area contributed by atoms with Crippen LogP contribution in [0.3, 0.4) is 0 Å². The van der Waals surface area contributed by atoms with Gasteiger partial charge in [0.15, 0.2) is 0 Å². The minimum absolute atomic E-state index is 0.0119. The Kier molecular flexibility index (Phi) is 7.64. The van der Waals surface area contributed by atoms with Gasteiger partial charge in [0.25, 0.3) is 11.8 Å². The van der Waals surface area contributed by atoms with Gasteiger partial charge < -0.3 is 9.80 Å². The Hall–Kier alpha value is -1.84. The van der Waals surface area contributed by atoms with E-state index in [1.807, 2.05) is 18.7 Å². The fourth-order valence-electron chi connectivity index (χ4n) is 2.52. The average Bonchev–Trinajstić information content (AvgIpc) is 2.55. The average molecular weight is 304 g/mol. The first-order chi connectivity index (χ1) is 10.6. The van der Waals surface area contributed by atoms with Gasteiger partial charge in [0, 0.05) is 37.3 Å². The van der Waals surface area contributed by atoms with Crippen LogP contribution in [0, 0.1) is 0 Å². The molecule has 22 heavy (non-hydrogen) atoms. The van der Waals surface area contributed by atoms with Crippen molar-refractivity contribution in [1.29, 1.82) is 0 Å². The SMILES string of the molecule is CCCN(CCC)C(=O)c1cccc(C(=O)N(CC)CC)c1. The molecule has 0 spiro atoms. The van der Waals surface area contributed by atoms with E-state index in [1.165, 1.54) is 0 Å². The van der Waals surface area contributed by atoms with Crippen molar-refractivity contribution in [2.24, 2.45) is 0 Å². The van der Waals surface area contributed by atoms with Crippen LogP contribution in [-0.2, 0) is 0 Å². The fourth-order valence-corrected chi connectivity index (χ4v) is 2.52. The van der Waals surface area contributed by atoms with E-state index in [-0.39, 0.29) is 11.8 Å². The maximum Gasteiger partial charge on any atom is 0.253 e. The standard InChI is InChI=1S/C18H28N2O2/c1-5-12-20(13-6-2)18(22)16-11-9-10-15(14-16)17(21)19(7-3)8-4/h9-11,14H,5-8,12-13H2,1-4H3. The van der Waals surface area contributed by atoms with Gasteiger partial charge in [-0.25, -0.2) is 0 Å². The van der Waals surface area contributed by atoms with Crippen LogP contribution in [0.1, 0.15) is 61.3 Å². The molecule has 0 unspecified atom stereocenters. The largest absolute Gasteiger partial charge is 0.339 e. The van der Waals surface area contributed by atoms with E-state index in [0.717, 1.165) is 25.9 Å². The normalized spacial score (nSPS) is 10.4. The van der Waals surface area contributed by atoms with Crippen molar-refractivity contribution in [3.63, 3.8) is 0 Å². The van der Waals surface area contributed by atoms with Crippen LogP contribution in [0.2, 0.25) is 0 Å². The molecule has 0 fully saturated rings. The summed E-state index contributed by atoms with van der Waals surface area (Å²) in [5, 5.41) is 0. The van der Waals surface area contributed by atoms with Gasteiger partial charge in [0.1, 0.15) is 0 Å². The molecule has 0 N–H and O–H groups in total. The summed E-state index contributed by atoms with van der Waals surface area (Å²) in [5.41, 5.74) is 1.18. The Balaban J connectivity index is 2.99. The van der Waals surface area contributed by atoms with Crippen molar-refractivity contribution in [2.45, 2.75) is 40.5 Å². The first-order valence-electron chi connectivity index (χ1n) is 8.27. The maximum atomic E-state index is 12.6. The summed E-state index contributed by atoms with van der Waals surface area (Å²) in [6.45, 7) is 10.9. The third-order valence-corrected chi connectivity index (χ3v) is 3.68. The molecule has 122 valence electrons. The fraction of sp³-hybridized carbons (Fsp3) is 0.556. The molecule has 0 heterocycles. The van der Waals surface area contributed by atoms with Crippen LogP contribution in [0.4, 0.5) is 0 Å². The monoisotopic (exact) mass is 304 g/mol. The highest BCUT2D eigenvalue weighted by atomic mass is 16.2. The highest BCUT2D eigenvalue weighted by molar-refractivity contribution is 5.99. The summed E-state index contributed by atoms with van der Waals surface area (Å²) >= 11 is 0. The van der Waals surface area contributed by atoms with Crippen molar-refractivity contribution in [3.8, 4) is 0 Å². The van der Waals surface area contributed by atoms with Gasteiger partial charge in [0.2, 0.25) is 0 Å². The van der Waals surface area contributed by atoms with Crippen LogP contribution in [0.15, 0.2) is 24.3 Å². The lowest BCUT2D eigenvalue weighted by molar-refractivity contribution is 0.0755. The number of hydrogen-bond acceptors (Lipinski definition) is 2. The molecule has 0 aliphatic carbocycles. The van der Waals surface area contributed by atoms with Gasteiger partial charge in [0.05, 0.1) is 0 Å². The second kappa shape index (κ2) is 9.23. The summed E-state index contributed by atoms with van der Waals surface area (Å²) in [5.74, 6) is -0.00456. The van der Waals surface area contributed by atoms with Gasteiger partial charge in [-0.3, -0.25) is 9.59 Å². The van der Waals surface area contributed by atoms with Gasteiger partial charge in [-0.1, -0.05) is 19.9 Å². The number of carbonyl (C=O) groups excluding carboxylic acids is 2. The van der Waals surface area contributed by atoms with Crippen LogP contribution in [-0.4, -0.2) is 47.8 Å². The third kappa shape index (κ3) is 4.58. The molecule has 0 radical (unpaired) electrons. The highest BCUT2D eigenvalue weighted by Gasteiger charge is 2.17. The minimum Gasteiger partial charge on any atom is -0.339 e. The molecule has 0 aliphatic heterocycles. The molecule has 1 rings (SSSR count). The summed E-state index contributed by atoms with van der Waals surface area (Å²) in [4.78, 5) is 28.6. The van der Waals surface area contributed by atoms with E-state index in [4.69, 9.17) is 0 Å².